The van der Waals surface area contributed by atoms with E-state index >= 15 is 0 Å². The van der Waals surface area contributed by atoms with Crippen molar-refractivity contribution in [3.05, 3.63) is 53.1 Å². The first-order chi connectivity index (χ1) is 12.0. The molecule has 0 saturated carbocycles. The maximum atomic E-state index is 12.9. The third-order valence-corrected chi connectivity index (χ3v) is 4.23. The van der Waals surface area contributed by atoms with Crippen LogP contribution in [0.4, 0.5) is 14.5 Å². The standard InChI is InChI=1S/C19H19F2NO3/c1-12-5-7-15-13(10-12)4-3-9-22(15)18(23)14-6-8-16(25-19(20)21)17(11-14)24-2/h5-8,10-11,19H,3-4,9H2,1-2H3. The Labute approximate surface area is 145 Å². The lowest BCUT2D eigenvalue weighted by molar-refractivity contribution is -0.0512. The zero-order chi connectivity index (χ0) is 18.0. The number of rotatable bonds is 4. The monoisotopic (exact) mass is 347 g/mol. The van der Waals surface area contributed by atoms with Gasteiger partial charge in [-0.15, -0.1) is 0 Å². The van der Waals surface area contributed by atoms with E-state index in [1.54, 1.807) is 4.90 Å². The number of ether oxygens (including phenoxy) is 2. The second kappa shape index (κ2) is 7.09. The Morgan fingerprint density at radius 1 is 1.16 bits per heavy atom. The second-order valence-corrected chi connectivity index (χ2v) is 5.94. The first kappa shape index (κ1) is 17.2. The minimum atomic E-state index is -2.95. The van der Waals surface area contributed by atoms with Gasteiger partial charge in [0.2, 0.25) is 0 Å². The van der Waals surface area contributed by atoms with Gasteiger partial charge in [0.05, 0.1) is 7.11 Å². The van der Waals surface area contributed by atoms with Crippen molar-refractivity contribution in [1.29, 1.82) is 0 Å². The highest BCUT2D eigenvalue weighted by molar-refractivity contribution is 6.07. The molecule has 0 N–H and O–H groups in total. The molecule has 2 aromatic carbocycles. The maximum Gasteiger partial charge on any atom is 0.387 e. The minimum absolute atomic E-state index is 0.0938. The van der Waals surface area contributed by atoms with E-state index in [0.29, 0.717) is 12.1 Å². The quantitative estimate of drug-likeness (QED) is 0.832. The van der Waals surface area contributed by atoms with Gasteiger partial charge in [-0.3, -0.25) is 4.79 Å². The van der Waals surface area contributed by atoms with Crippen LogP contribution in [0.5, 0.6) is 11.5 Å². The van der Waals surface area contributed by atoms with Crippen LogP contribution >= 0.6 is 0 Å². The predicted molar refractivity (Wildman–Crippen MR) is 90.8 cm³/mol. The summed E-state index contributed by atoms with van der Waals surface area (Å²) in [4.78, 5) is 14.7. The number of amides is 1. The molecule has 132 valence electrons. The average Bonchev–Trinajstić information content (AvgIpc) is 2.60. The van der Waals surface area contributed by atoms with E-state index in [-0.39, 0.29) is 17.4 Å². The van der Waals surface area contributed by atoms with Crippen molar-refractivity contribution in [2.24, 2.45) is 0 Å². The van der Waals surface area contributed by atoms with Crippen LogP contribution in [0.3, 0.4) is 0 Å². The fourth-order valence-electron chi connectivity index (χ4n) is 3.09. The number of anilines is 1. The van der Waals surface area contributed by atoms with Gasteiger partial charge in [-0.2, -0.15) is 8.78 Å². The van der Waals surface area contributed by atoms with Crippen molar-refractivity contribution >= 4 is 11.6 Å². The number of hydrogen-bond donors (Lipinski definition) is 0. The molecular weight excluding hydrogens is 328 g/mol. The number of halogens is 2. The van der Waals surface area contributed by atoms with E-state index in [2.05, 4.69) is 10.8 Å². The van der Waals surface area contributed by atoms with Crippen molar-refractivity contribution in [3.63, 3.8) is 0 Å². The molecule has 4 nitrogen and oxygen atoms in total. The molecule has 0 saturated heterocycles. The van der Waals surface area contributed by atoms with E-state index in [1.165, 1.54) is 25.3 Å². The second-order valence-electron chi connectivity index (χ2n) is 5.94. The number of aryl methyl sites for hydroxylation is 2. The van der Waals surface area contributed by atoms with Crippen LogP contribution in [0.25, 0.3) is 0 Å². The summed E-state index contributed by atoms with van der Waals surface area (Å²) in [6.07, 6.45) is 1.82. The number of fused-ring (bicyclic) bond motifs is 1. The van der Waals surface area contributed by atoms with E-state index in [1.807, 2.05) is 19.1 Å². The van der Waals surface area contributed by atoms with Crippen LogP contribution in [-0.2, 0) is 6.42 Å². The lowest BCUT2D eigenvalue weighted by Crippen LogP contribution is -2.35. The number of methoxy groups -OCH3 is 1. The highest BCUT2D eigenvalue weighted by Gasteiger charge is 2.24. The highest BCUT2D eigenvalue weighted by atomic mass is 19.3. The average molecular weight is 347 g/mol. The molecule has 25 heavy (non-hydrogen) atoms. The van der Waals surface area contributed by atoms with Gasteiger partial charge < -0.3 is 14.4 Å². The molecule has 0 bridgehead atoms. The maximum absolute atomic E-state index is 12.9. The molecule has 0 radical (unpaired) electrons. The number of carbonyl (C=O) groups is 1. The van der Waals surface area contributed by atoms with E-state index in [4.69, 9.17) is 4.74 Å². The Morgan fingerprint density at radius 2 is 1.96 bits per heavy atom. The Kier molecular flexibility index (Phi) is 4.88. The fourth-order valence-corrected chi connectivity index (χ4v) is 3.09. The Balaban J connectivity index is 1.92. The van der Waals surface area contributed by atoms with Crippen LogP contribution < -0.4 is 14.4 Å². The van der Waals surface area contributed by atoms with Gasteiger partial charge in [-0.25, -0.2) is 0 Å². The van der Waals surface area contributed by atoms with Crippen LogP contribution in [0.2, 0.25) is 0 Å². The lowest BCUT2D eigenvalue weighted by Gasteiger charge is -2.30. The van der Waals surface area contributed by atoms with Crippen LogP contribution in [0, 0.1) is 6.92 Å². The first-order valence-corrected chi connectivity index (χ1v) is 8.04. The van der Waals surface area contributed by atoms with Crippen LogP contribution in [0.15, 0.2) is 36.4 Å². The topological polar surface area (TPSA) is 38.8 Å². The summed E-state index contributed by atoms with van der Waals surface area (Å²) in [6, 6.07) is 10.3. The molecule has 1 heterocycles. The summed E-state index contributed by atoms with van der Waals surface area (Å²) in [6.45, 7) is -0.312. The van der Waals surface area contributed by atoms with Crippen molar-refractivity contribution in [2.45, 2.75) is 26.4 Å². The van der Waals surface area contributed by atoms with Gasteiger partial charge in [-0.1, -0.05) is 17.7 Å². The molecule has 1 aliphatic heterocycles. The van der Waals surface area contributed by atoms with Crippen molar-refractivity contribution in [2.75, 3.05) is 18.6 Å². The van der Waals surface area contributed by atoms with E-state index < -0.39 is 6.61 Å². The normalized spacial score (nSPS) is 13.6. The molecule has 6 heteroatoms. The number of hydrogen-bond acceptors (Lipinski definition) is 3. The largest absolute Gasteiger partial charge is 0.493 e. The molecular formula is C19H19F2NO3. The molecule has 0 fully saturated rings. The molecule has 1 aliphatic rings. The zero-order valence-corrected chi connectivity index (χ0v) is 14.1. The number of alkyl halides is 2. The minimum Gasteiger partial charge on any atom is -0.493 e. The van der Waals surface area contributed by atoms with Crippen molar-refractivity contribution in [3.8, 4) is 11.5 Å². The fraction of sp³-hybridized carbons (Fsp3) is 0.316. The van der Waals surface area contributed by atoms with E-state index in [0.717, 1.165) is 29.7 Å². The molecule has 3 rings (SSSR count). The van der Waals surface area contributed by atoms with Gasteiger partial charge in [0, 0.05) is 17.8 Å². The third kappa shape index (κ3) is 3.57. The van der Waals surface area contributed by atoms with Gasteiger partial charge in [-0.05, 0) is 49.6 Å². The third-order valence-electron chi connectivity index (χ3n) is 4.23. The van der Waals surface area contributed by atoms with Gasteiger partial charge in [0.1, 0.15) is 0 Å². The Bertz CT molecular complexity index is 792. The van der Waals surface area contributed by atoms with Crippen molar-refractivity contribution < 1.29 is 23.0 Å². The SMILES string of the molecule is COc1cc(C(=O)N2CCCc3cc(C)ccc32)ccc1OC(F)F. The smallest absolute Gasteiger partial charge is 0.387 e. The van der Waals surface area contributed by atoms with E-state index in [9.17, 15) is 13.6 Å². The summed E-state index contributed by atoms with van der Waals surface area (Å²) in [5, 5.41) is 0. The van der Waals surface area contributed by atoms with Crippen LogP contribution in [0.1, 0.15) is 27.9 Å². The number of carbonyl (C=O) groups excluding carboxylic acids is 1. The summed E-state index contributed by atoms with van der Waals surface area (Å²) in [7, 11) is 1.35. The number of benzene rings is 2. The molecule has 0 spiro atoms. The van der Waals surface area contributed by atoms with Crippen LogP contribution in [-0.4, -0.2) is 26.2 Å². The Hall–Kier alpha value is -2.63. The Morgan fingerprint density at radius 3 is 2.68 bits per heavy atom. The molecule has 0 atom stereocenters. The highest BCUT2D eigenvalue weighted by Crippen LogP contribution is 2.33. The summed E-state index contributed by atoms with van der Waals surface area (Å²) in [5.74, 6) is -0.178. The predicted octanol–water partition coefficient (Wildman–Crippen LogP) is 4.20. The van der Waals surface area contributed by atoms with Gasteiger partial charge in [0.25, 0.3) is 5.91 Å². The molecule has 0 unspecified atom stereocenters. The molecule has 2 aromatic rings. The number of nitrogens with zero attached hydrogens (tertiary/aromatic N) is 1. The lowest BCUT2D eigenvalue weighted by atomic mass is 9.99. The summed E-state index contributed by atoms with van der Waals surface area (Å²) in [5.41, 5.74) is 3.56. The van der Waals surface area contributed by atoms with Gasteiger partial charge >= 0.3 is 6.61 Å². The summed E-state index contributed by atoms with van der Waals surface area (Å²) >= 11 is 0. The van der Waals surface area contributed by atoms with Crippen molar-refractivity contribution in [1.82, 2.24) is 0 Å². The molecule has 1 amide bonds. The molecule has 0 aromatic heterocycles. The molecule has 0 aliphatic carbocycles. The zero-order valence-electron chi connectivity index (χ0n) is 14.1. The first-order valence-electron chi connectivity index (χ1n) is 8.04. The summed E-state index contributed by atoms with van der Waals surface area (Å²) < 4.78 is 34.3. The van der Waals surface area contributed by atoms with Gasteiger partial charge in [0.15, 0.2) is 11.5 Å².